The van der Waals surface area contributed by atoms with Crippen LogP contribution in [0.2, 0.25) is 0 Å². The van der Waals surface area contributed by atoms with Gasteiger partial charge in [-0.2, -0.15) is 5.26 Å². The molecule has 0 spiro atoms. The number of nitriles is 1. The molecule has 1 aromatic heterocycles. The average Bonchev–Trinajstić information content (AvgIpc) is 2.36. The average molecular weight is 247 g/mol. The zero-order valence-electron chi connectivity index (χ0n) is 11.6. The molecule has 0 saturated heterocycles. The predicted molar refractivity (Wildman–Crippen MR) is 72.0 cm³/mol. The third kappa shape index (κ3) is 4.30. The number of hydrogen-bond donors (Lipinski definition) is 1. The first kappa shape index (κ1) is 14.4. The second-order valence-corrected chi connectivity index (χ2v) is 4.42. The molecule has 1 unspecified atom stereocenters. The number of aromatic nitrogens is 2. The zero-order valence-corrected chi connectivity index (χ0v) is 11.6. The molecule has 0 bridgehead atoms. The number of hydrogen-bond acceptors (Lipinski definition) is 5. The van der Waals surface area contributed by atoms with Crippen LogP contribution in [0.5, 0.6) is 0 Å². The van der Waals surface area contributed by atoms with Gasteiger partial charge < -0.3 is 5.32 Å². The molecule has 0 saturated carbocycles. The van der Waals surface area contributed by atoms with Crippen molar-refractivity contribution in [2.45, 2.75) is 27.3 Å². The van der Waals surface area contributed by atoms with Crippen molar-refractivity contribution in [2.24, 2.45) is 5.92 Å². The summed E-state index contributed by atoms with van der Waals surface area (Å²) >= 11 is 0. The summed E-state index contributed by atoms with van der Waals surface area (Å²) < 4.78 is 0. The third-order valence-corrected chi connectivity index (χ3v) is 2.72. The number of aryl methyl sites for hydroxylation is 1. The van der Waals surface area contributed by atoms with Gasteiger partial charge in [0.05, 0.1) is 18.5 Å². The molecular weight excluding hydrogens is 226 g/mol. The van der Waals surface area contributed by atoms with E-state index >= 15 is 0 Å². The van der Waals surface area contributed by atoms with E-state index in [0.717, 1.165) is 30.4 Å². The standard InChI is InChI=1S/C13H21N5/c1-5-18(8-10(2)7-14)9-13-16-11(3)6-12(15-4)17-13/h6,10H,5,8-9H2,1-4H3,(H,15,16,17). The van der Waals surface area contributed by atoms with E-state index in [-0.39, 0.29) is 5.92 Å². The molecule has 1 N–H and O–H groups in total. The molecule has 1 aromatic rings. The molecule has 1 atom stereocenters. The van der Waals surface area contributed by atoms with E-state index < -0.39 is 0 Å². The molecule has 18 heavy (non-hydrogen) atoms. The highest BCUT2D eigenvalue weighted by atomic mass is 15.1. The molecule has 0 aliphatic heterocycles. The molecule has 0 amide bonds. The minimum atomic E-state index is 0.0264. The van der Waals surface area contributed by atoms with Crippen molar-refractivity contribution in [3.05, 3.63) is 17.6 Å². The van der Waals surface area contributed by atoms with Gasteiger partial charge >= 0.3 is 0 Å². The molecule has 0 aliphatic carbocycles. The van der Waals surface area contributed by atoms with Gasteiger partial charge in [-0.3, -0.25) is 4.90 Å². The smallest absolute Gasteiger partial charge is 0.144 e. The van der Waals surface area contributed by atoms with Gasteiger partial charge in [-0.05, 0) is 20.4 Å². The quantitative estimate of drug-likeness (QED) is 0.830. The Balaban J connectivity index is 2.75. The summed E-state index contributed by atoms with van der Waals surface area (Å²) in [7, 11) is 1.85. The van der Waals surface area contributed by atoms with Gasteiger partial charge in [0.15, 0.2) is 0 Å². The van der Waals surface area contributed by atoms with Crippen LogP contribution < -0.4 is 5.32 Å². The first-order chi connectivity index (χ1) is 8.58. The molecule has 98 valence electrons. The van der Waals surface area contributed by atoms with Crippen LogP contribution in [-0.2, 0) is 6.54 Å². The van der Waals surface area contributed by atoms with Crippen molar-refractivity contribution in [3.8, 4) is 6.07 Å². The zero-order chi connectivity index (χ0) is 13.5. The lowest BCUT2D eigenvalue weighted by Crippen LogP contribution is -2.28. The second kappa shape index (κ2) is 6.92. The van der Waals surface area contributed by atoms with Gasteiger partial charge in [0.25, 0.3) is 0 Å². The summed E-state index contributed by atoms with van der Waals surface area (Å²) in [5, 5.41) is 11.9. The molecular formula is C13H21N5. The maximum atomic E-state index is 8.85. The Bertz CT molecular complexity index is 424. The lowest BCUT2D eigenvalue weighted by atomic mass is 10.2. The minimum Gasteiger partial charge on any atom is -0.373 e. The number of anilines is 1. The lowest BCUT2D eigenvalue weighted by Gasteiger charge is -2.20. The van der Waals surface area contributed by atoms with Crippen LogP contribution in [0.25, 0.3) is 0 Å². The fourth-order valence-corrected chi connectivity index (χ4v) is 1.76. The SMILES string of the molecule is CCN(Cc1nc(C)cc(NC)n1)CC(C)C#N. The van der Waals surface area contributed by atoms with E-state index in [2.05, 4.69) is 33.2 Å². The fraction of sp³-hybridized carbons (Fsp3) is 0.615. The summed E-state index contributed by atoms with van der Waals surface area (Å²) in [4.78, 5) is 11.0. The molecule has 5 nitrogen and oxygen atoms in total. The normalized spacial score (nSPS) is 12.2. The maximum Gasteiger partial charge on any atom is 0.144 e. The van der Waals surface area contributed by atoms with Crippen LogP contribution in [0.1, 0.15) is 25.4 Å². The van der Waals surface area contributed by atoms with Crippen LogP contribution in [0.15, 0.2) is 6.07 Å². The Morgan fingerprint density at radius 1 is 1.50 bits per heavy atom. The summed E-state index contributed by atoms with van der Waals surface area (Å²) in [5.41, 5.74) is 0.953. The number of rotatable bonds is 6. The highest BCUT2D eigenvalue weighted by Crippen LogP contribution is 2.08. The number of nitrogens with zero attached hydrogens (tertiary/aromatic N) is 4. The maximum absolute atomic E-state index is 8.85. The Labute approximate surface area is 109 Å². The Morgan fingerprint density at radius 2 is 2.22 bits per heavy atom. The monoisotopic (exact) mass is 247 g/mol. The van der Waals surface area contributed by atoms with Crippen LogP contribution in [0.4, 0.5) is 5.82 Å². The predicted octanol–water partition coefficient (Wildman–Crippen LogP) is 1.81. The van der Waals surface area contributed by atoms with Crippen molar-refractivity contribution >= 4 is 5.82 Å². The minimum absolute atomic E-state index is 0.0264. The first-order valence-electron chi connectivity index (χ1n) is 6.23. The number of nitrogens with one attached hydrogen (secondary N) is 1. The topological polar surface area (TPSA) is 64.8 Å². The van der Waals surface area contributed by atoms with Crippen molar-refractivity contribution < 1.29 is 0 Å². The van der Waals surface area contributed by atoms with Gasteiger partial charge in [0, 0.05) is 25.4 Å². The molecule has 1 rings (SSSR count). The second-order valence-electron chi connectivity index (χ2n) is 4.42. The van der Waals surface area contributed by atoms with Crippen LogP contribution in [0, 0.1) is 24.2 Å². The summed E-state index contributed by atoms with van der Waals surface area (Å²) in [6.07, 6.45) is 0. The van der Waals surface area contributed by atoms with E-state index in [1.165, 1.54) is 0 Å². The highest BCUT2D eigenvalue weighted by molar-refractivity contribution is 5.34. The van der Waals surface area contributed by atoms with E-state index in [9.17, 15) is 0 Å². The largest absolute Gasteiger partial charge is 0.373 e. The van der Waals surface area contributed by atoms with Crippen molar-refractivity contribution in [3.63, 3.8) is 0 Å². The molecule has 0 radical (unpaired) electrons. The van der Waals surface area contributed by atoms with Crippen LogP contribution in [-0.4, -0.2) is 35.0 Å². The Morgan fingerprint density at radius 3 is 2.78 bits per heavy atom. The van der Waals surface area contributed by atoms with Crippen molar-refractivity contribution in [1.29, 1.82) is 5.26 Å². The van der Waals surface area contributed by atoms with E-state index in [4.69, 9.17) is 5.26 Å². The third-order valence-electron chi connectivity index (χ3n) is 2.72. The van der Waals surface area contributed by atoms with E-state index in [1.807, 2.05) is 27.0 Å². The van der Waals surface area contributed by atoms with Crippen LogP contribution >= 0.6 is 0 Å². The summed E-state index contributed by atoms with van der Waals surface area (Å²) in [6, 6.07) is 4.17. The van der Waals surface area contributed by atoms with Gasteiger partial charge in [0.2, 0.25) is 0 Å². The molecule has 0 aliphatic rings. The van der Waals surface area contributed by atoms with Gasteiger partial charge in [-0.25, -0.2) is 9.97 Å². The Hall–Kier alpha value is -1.67. The molecule has 1 heterocycles. The first-order valence-corrected chi connectivity index (χ1v) is 6.23. The Kier molecular flexibility index (Phi) is 5.53. The molecule has 0 fully saturated rings. The van der Waals surface area contributed by atoms with E-state index in [0.29, 0.717) is 6.54 Å². The summed E-state index contributed by atoms with van der Waals surface area (Å²) in [5.74, 6) is 1.66. The van der Waals surface area contributed by atoms with Crippen molar-refractivity contribution in [1.82, 2.24) is 14.9 Å². The van der Waals surface area contributed by atoms with Gasteiger partial charge in [0.1, 0.15) is 11.6 Å². The fourth-order valence-electron chi connectivity index (χ4n) is 1.76. The lowest BCUT2D eigenvalue weighted by molar-refractivity contribution is 0.254. The van der Waals surface area contributed by atoms with Crippen LogP contribution in [0.3, 0.4) is 0 Å². The highest BCUT2D eigenvalue weighted by Gasteiger charge is 2.11. The van der Waals surface area contributed by atoms with Gasteiger partial charge in [-0.1, -0.05) is 6.92 Å². The molecule has 5 heteroatoms. The summed E-state index contributed by atoms with van der Waals surface area (Å²) in [6.45, 7) is 8.29. The van der Waals surface area contributed by atoms with Gasteiger partial charge in [-0.15, -0.1) is 0 Å². The molecule has 0 aromatic carbocycles. The van der Waals surface area contributed by atoms with Crippen molar-refractivity contribution in [2.75, 3.05) is 25.5 Å². The van der Waals surface area contributed by atoms with E-state index in [1.54, 1.807) is 0 Å².